The lowest BCUT2D eigenvalue weighted by molar-refractivity contribution is -0.0199. The lowest BCUT2D eigenvalue weighted by Gasteiger charge is -2.32. The number of halogens is 1. The Morgan fingerprint density at radius 1 is 1.67 bits per heavy atom. The maximum Gasteiger partial charge on any atom is 0.270 e. The lowest BCUT2D eigenvalue weighted by Crippen LogP contribution is -2.48. The van der Waals surface area contributed by atoms with Crippen LogP contribution in [-0.4, -0.2) is 54.8 Å². The maximum atomic E-state index is 12.4. The van der Waals surface area contributed by atoms with Crippen molar-refractivity contribution < 1.29 is 9.53 Å². The molecule has 0 radical (unpaired) electrons. The SMILES string of the molecule is CNCC1CN(C(=O)c2cc(Br)cn2C)CCO1. The number of nitrogens with zero attached hydrogens (tertiary/aromatic N) is 2. The molecule has 1 saturated heterocycles. The van der Waals surface area contributed by atoms with E-state index in [4.69, 9.17) is 4.74 Å². The summed E-state index contributed by atoms with van der Waals surface area (Å²) in [6, 6.07) is 1.85. The summed E-state index contributed by atoms with van der Waals surface area (Å²) in [6.07, 6.45) is 1.97. The van der Waals surface area contributed by atoms with Crippen LogP contribution in [0.5, 0.6) is 0 Å². The van der Waals surface area contributed by atoms with Crippen molar-refractivity contribution in [2.45, 2.75) is 6.10 Å². The molecule has 1 atom stereocenters. The first kappa shape index (κ1) is 13.6. The topological polar surface area (TPSA) is 46.5 Å². The number of nitrogens with one attached hydrogen (secondary N) is 1. The molecule has 18 heavy (non-hydrogen) atoms. The van der Waals surface area contributed by atoms with E-state index in [2.05, 4.69) is 21.2 Å². The highest BCUT2D eigenvalue weighted by Gasteiger charge is 2.26. The summed E-state index contributed by atoms with van der Waals surface area (Å²) in [4.78, 5) is 14.2. The van der Waals surface area contributed by atoms with E-state index in [1.807, 2.05) is 35.8 Å². The van der Waals surface area contributed by atoms with Gasteiger partial charge in [-0.1, -0.05) is 0 Å². The summed E-state index contributed by atoms with van der Waals surface area (Å²) >= 11 is 3.39. The standard InChI is InChI=1S/C12H18BrN3O2/c1-14-6-10-8-16(3-4-18-10)12(17)11-5-9(13)7-15(11)2/h5,7,10,14H,3-4,6,8H2,1-2H3. The largest absolute Gasteiger partial charge is 0.373 e. The molecule has 0 bridgehead atoms. The van der Waals surface area contributed by atoms with Gasteiger partial charge >= 0.3 is 0 Å². The van der Waals surface area contributed by atoms with Crippen molar-refractivity contribution in [3.8, 4) is 0 Å². The molecule has 1 fully saturated rings. The molecule has 1 N–H and O–H groups in total. The number of carbonyl (C=O) groups is 1. The van der Waals surface area contributed by atoms with E-state index in [9.17, 15) is 4.79 Å². The number of carbonyl (C=O) groups excluding carboxylic acids is 1. The molecule has 0 spiro atoms. The van der Waals surface area contributed by atoms with Crippen LogP contribution in [0.25, 0.3) is 0 Å². The second kappa shape index (κ2) is 5.86. The minimum atomic E-state index is 0.0626. The Bertz CT molecular complexity index is 431. The van der Waals surface area contributed by atoms with Gasteiger partial charge in [-0.2, -0.15) is 0 Å². The molecule has 1 amide bonds. The average molecular weight is 316 g/mol. The number of morpholine rings is 1. The molecule has 1 aromatic heterocycles. The van der Waals surface area contributed by atoms with Crippen LogP contribution in [0.3, 0.4) is 0 Å². The normalized spacial score (nSPS) is 20.2. The van der Waals surface area contributed by atoms with Crippen LogP contribution in [0.4, 0.5) is 0 Å². The Morgan fingerprint density at radius 3 is 3.06 bits per heavy atom. The van der Waals surface area contributed by atoms with Gasteiger partial charge in [-0.3, -0.25) is 4.79 Å². The van der Waals surface area contributed by atoms with Crippen LogP contribution in [0.1, 0.15) is 10.5 Å². The molecule has 0 aliphatic carbocycles. The van der Waals surface area contributed by atoms with Crippen molar-refractivity contribution in [3.63, 3.8) is 0 Å². The molecule has 2 rings (SSSR count). The van der Waals surface area contributed by atoms with Crippen molar-refractivity contribution in [1.82, 2.24) is 14.8 Å². The van der Waals surface area contributed by atoms with Crippen LogP contribution < -0.4 is 5.32 Å². The summed E-state index contributed by atoms with van der Waals surface area (Å²) in [5.74, 6) is 0.0626. The van der Waals surface area contributed by atoms with Crippen molar-refractivity contribution in [2.24, 2.45) is 7.05 Å². The van der Waals surface area contributed by atoms with Gasteiger partial charge in [0, 0.05) is 37.4 Å². The number of aryl methyl sites for hydroxylation is 1. The number of hydrogen-bond donors (Lipinski definition) is 1. The van der Waals surface area contributed by atoms with Gasteiger partial charge in [-0.25, -0.2) is 0 Å². The highest BCUT2D eigenvalue weighted by atomic mass is 79.9. The molecule has 2 heterocycles. The van der Waals surface area contributed by atoms with Gasteiger partial charge < -0.3 is 19.5 Å². The molecular weight excluding hydrogens is 298 g/mol. The predicted octanol–water partition coefficient (Wildman–Crippen LogP) is 0.848. The van der Waals surface area contributed by atoms with E-state index in [1.54, 1.807) is 0 Å². The number of likely N-dealkylation sites (N-methyl/N-ethyl adjacent to an activating group) is 1. The molecular formula is C12H18BrN3O2. The van der Waals surface area contributed by atoms with Crippen molar-refractivity contribution >= 4 is 21.8 Å². The third-order valence-electron chi connectivity index (χ3n) is 3.05. The second-order valence-electron chi connectivity index (χ2n) is 4.46. The molecule has 1 aliphatic rings. The van der Waals surface area contributed by atoms with Crippen molar-refractivity contribution in [2.75, 3.05) is 33.3 Å². The fourth-order valence-electron chi connectivity index (χ4n) is 2.15. The number of aromatic nitrogens is 1. The van der Waals surface area contributed by atoms with Crippen LogP contribution in [-0.2, 0) is 11.8 Å². The van der Waals surface area contributed by atoms with Crippen LogP contribution in [0, 0.1) is 0 Å². The Kier molecular flexibility index (Phi) is 4.42. The van der Waals surface area contributed by atoms with Gasteiger partial charge in [0.15, 0.2) is 0 Å². The van der Waals surface area contributed by atoms with E-state index in [1.165, 1.54) is 0 Å². The van der Waals surface area contributed by atoms with Crippen molar-refractivity contribution in [1.29, 1.82) is 0 Å². The molecule has 1 unspecified atom stereocenters. The summed E-state index contributed by atoms with van der Waals surface area (Å²) in [5.41, 5.74) is 0.701. The second-order valence-corrected chi connectivity index (χ2v) is 5.37. The van der Waals surface area contributed by atoms with Gasteiger partial charge in [0.25, 0.3) is 5.91 Å². The van der Waals surface area contributed by atoms with E-state index >= 15 is 0 Å². The summed E-state index contributed by atoms with van der Waals surface area (Å²) < 4.78 is 8.36. The molecule has 1 aromatic rings. The highest BCUT2D eigenvalue weighted by molar-refractivity contribution is 9.10. The zero-order valence-electron chi connectivity index (χ0n) is 10.6. The van der Waals surface area contributed by atoms with Gasteiger partial charge in [0.2, 0.25) is 0 Å². The van der Waals surface area contributed by atoms with E-state index < -0.39 is 0 Å². The first-order chi connectivity index (χ1) is 8.61. The summed E-state index contributed by atoms with van der Waals surface area (Å²) in [6.45, 7) is 2.66. The Morgan fingerprint density at radius 2 is 2.44 bits per heavy atom. The molecule has 0 saturated carbocycles. The summed E-state index contributed by atoms with van der Waals surface area (Å²) in [5, 5.41) is 3.08. The minimum Gasteiger partial charge on any atom is -0.373 e. The smallest absolute Gasteiger partial charge is 0.270 e. The third kappa shape index (κ3) is 2.93. The first-order valence-electron chi connectivity index (χ1n) is 5.99. The zero-order valence-corrected chi connectivity index (χ0v) is 12.2. The average Bonchev–Trinajstić information content (AvgIpc) is 2.68. The van der Waals surface area contributed by atoms with Gasteiger partial charge in [-0.15, -0.1) is 0 Å². The maximum absolute atomic E-state index is 12.4. The minimum absolute atomic E-state index is 0.0626. The van der Waals surface area contributed by atoms with Gasteiger partial charge in [-0.05, 0) is 29.0 Å². The number of ether oxygens (including phenoxy) is 1. The predicted molar refractivity (Wildman–Crippen MR) is 72.7 cm³/mol. The monoisotopic (exact) mass is 315 g/mol. The molecule has 5 nitrogen and oxygen atoms in total. The Hall–Kier alpha value is -0.850. The zero-order chi connectivity index (χ0) is 13.1. The summed E-state index contributed by atoms with van der Waals surface area (Å²) in [7, 11) is 3.77. The first-order valence-corrected chi connectivity index (χ1v) is 6.78. The lowest BCUT2D eigenvalue weighted by atomic mass is 10.2. The van der Waals surface area contributed by atoms with Crippen LogP contribution >= 0.6 is 15.9 Å². The Balaban J connectivity index is 2.06. The Labute approximate surface area is 115 Å². The molecule has 1 aliphatic heterocycles. The fraction of sp³-hybridized carbons (Fsp3) is 0.583. The molecule has 6 heteroatoms. The highest BCUT2D eigenvalue weighted by Crippen LogP contribution is 2.16. The third-order valence-corrected chi connectivity index (χ3v) is 3.48. The van der Waals surface area contributed by atoms with Crippen molar-refractivity contribution in [3.05, 3.63) is 22.4 Å². The molecule has 0 aromatic carbocycles. The van der Waals surface area contributed by atoms with E-state index in [0.717, 1.165) is 11.0 Å². The number of amides is 1. The fourth-order valence-corrected chi connectivity index (χ4v) is 2.68. The quantitative estimate of drug-likeness (QED) is 0.899. The van der Waals surface area contributed by atoms with Gasteiger partial charge in [0.1, 0.15) is 5.69 Å². The van der Waals surface area contributed by atoms with E-state index in [0.29, 0.717) is 25.4 Å². The number of hydrogen-bond acceptors (Lipinski definition) is 3. The van der Waals surface area contributed by atoms with Crippen LogP contribution in [0.15, 0.2) is 16.7 Å². The van der Waals surface area contributed by atoms with E-state index in [-0.39, 0.29) is 12.0 Å². The number of rotatable bonds is 3. The van der Waals surface area contributed by atoms with Crippen LogP contribution in [0.2, 0.25) is 0 Å². The molecule has 100 valence electrons. The van der Waals surface area contributed by atoms with Gasteiger partial charge in [0.05, 0.1) is 12.7 Å².